The van der Waals surface area contributed by atoms with E-state index in [1.807, 2.05) is 0 Å². The molecule has 1 aliphatic heterocycles. The maximum absolute atomic E-state index is 5.73. The monoisotopic (exact) mass is 265 g/mol. The molecule has 110 valence electrons. The van der Waals surface area contributed by atoms with E-state index < -0.39 is 0 Å². The first-order valence-corrected chi connectivity index (χ1v) is 8.68. The lowest BCUT2D eigenvalue weighted by Gasteiger charge is -2.34. The minimum atomic E-state index is 0.726. The predicted octanol–water partition coefficient (Wildman–Crippen LogP) is 3.61. The molecular formula is C17H31NO. The molecule has 5 unspecified atom stereocenters. The zero-order valence-corrected chi connectivity index (χ0v) is 12.6. The second-order valence-electron chi connectivity index (χ2n) is 7.21. The Morgan fingerprint density at radius 1 is 1.21 bits per heavy atom. The van der Waals surface area contributed by atoms with E-state index in [0.717, 1.165) is 42.9 Å². The summed E-state index contributed by atoms with van der Waals surface area (Å²) >= 11 is 0. The van der Waals surface area contributed by atoms with E-state index >= 15 is 0 Å². The van der Waals surface area contributed by atoms with Crippen LogP contribution in [0.3, 0.4) is 0 Å². The summed E-state index contributed by atoms with van der Waals surface area (Å²) in [4.78, 5) is 0. The molecule has 0 aromatic rings. The van der Waals surface area contributed by atoms with Crippen LogP contribution in [-0.4, -0.2) is 25.8 Å². The largest absolute Gasteiger partial charge is 0.381 e. The van der Waals surface area contributed by atoms with Crippen molar-refractivity contribution in [2.75, 3.05) is 19.8 Å². The van der Waals surface area contributed by atoms with Crippen molar-refractivity contribution in [3.8, 4) is 0 Å². The third kappa shape index (κ3) is 3.33. The van der Waals surface area contributed by atoms with Crippen LogP contribution in [0.2, 0.25) is 0 Å². The van der Waals surface area contributed by atoms with Crippen LogP contribution < -0.4 is 5.32 Å². The molecule has 3 aliphatic rings. The third-order valence-corrected chi connectivity index (χ3v) is 5.86. The van der Waals surface area contributed by atoms with Gasteiger partial charge in [-0.3, -0.25) is 0 Å². The lowest BCUT2D eigenvalue weighted by Crippen LogP contribution is -2.42. The van der Waals surface area contributed by atoms with Crippen LogP contribution in [0, 0.1) is 23.7 Å². The summed E-state index contributed by atoms with van der Waals surface area (Å²) in [5.74, 6) is 3.96. The molecular weight excluding hydrogens is 234 g/mol. The van der Waals surface area contributed by atoms with Gasteiger partial charge in [0.05, 0.1) is 6.61 Å². The molecule has 2 heteroatoms. The van der Waals surface area contributed by atoms with Crippen molar-refractivity contribution in [3.05, 3.63) is 0 Å². The standard InChI is InChI=1S/C17H31NO/c1-2-7-18-17(15-4-3-8-19-12-15)11-16-10-13-5-6-14(16)9-13/h13-18H,2-12H2,1H3. The van der Waals surface area contributed by atoms with Crippen molar-refractivity contribution in [3.63, 3.8) is 0 Å². The smallest absolute Gasteiger partial charge is 0.0509 e. The number of fused-ring (bicyclic) bond motifs is 2. The number of ether oxygens (including phenoxy) is 1. The summed E-state index contributed by atoms with van der Waals surface area (Å²) in [5, 5.41) is 3.85. The highest BCUT2D eigenvalue weighted by atomic mass is 16.5. The van der Waals surface area contributed by atoms with Crippen molar-refractivity contribution < 1.29 is 4.74 Å². The van der Waals surface area contributed by atoms with Gasteiger partial charge >= 0.3 is 0 Å². The number of hydrogen-bond acceptors (Lipinski definition) is 2. The van der Waals surface area contributed by atoms with E-state index in [4.69, 9.17) is 4.74 Å². The van der Waals surface area contributed by atoms with E-state index in [1.165, 1.54) is 51.5 Å². The molecule has 0 aromatic carbocycles. The fourth-order valence-corrected chi connectivity index (χ4v) is 4.85. The lowest BCUT2D eigenvalue weighted by atomic mass is 9.80. The second kappa shape index (κ2) is 6.58. The summed E-state index contributed by atoms with van der Waals surface area (Å²) in [6.07, 6.45) is 11.5. The van der Waals surface area contributed by atoms with Gasteiger partial charge in [0.15, 0.2) is 0 Å². The second-order valence-corrected chi connectivity index (χ2v) is 7.21. The molecule has 1 N–H and O–H groups in total. The fraction of sp³-hybridized carbons (Fsp3) is 1.00. The summed E-state index contributed by atoms with van der Waals surface area (Å²) in [7, 11) is 0. The Labute approximate surface area is 118 Å². The normalized spacial score (nSPS) is 39.6. The number of rotatable bonds is 6. The van der Waals surface area contributed by atoms with Gasteiger partial charge in [-0.2, -0.15) is 0 Å². The van der Waals surface area contributed by atoms with Crippen LogP contribution in [-0.2, 0) is 4.74 Å². The zero-order chi connectivity index (χ0) is 13.1. The van der Waals surface area contributed by atoms with E-state index in [1.54, 1.807) is 6.42 Å². The van der Waals surface area contributed by atoms with Gasteiger partial charge in [-0.15, -0.1) is 0 Å². The van der Waals surface area contributed by atoms with Crippen LogP contribution in [0.15, 0.2) is 0 Å². The first-order chi connectivity index (χ1) is 9.36. The lowest BCUT2D eigenvalue weighted by molar-refractivity contribution is 0.0334. The van der Waals surface area contributed by atoms with Gasteiger partial charge < -0.3 is 10.1 Å². The van der Waals surface area contributed by atoms with Crippen LogP contribution in [0.1, 0.15) is 58.3 Å². The molecule has 0 spiro atoms. The summed E-state index contributed by atoms with van der Waals surface area (Å²) in [6.45, 7) is 5.45. The molecule has 1 saturated heterocycles. The first kappa shape index (κ1) is 13.9. The van der Waals surface area contributed by atoms with Crippen molar-refractivity contribution in [2.24, 2.45) is 23.7 Å². The molecule has 0 aromatic heterocycles. The highest BCUT2D eigenvalue weighted by Crippen LogP contribution is 2.50. The van der Waals surface area contributed by atoms with Crippen molar-refractivity contribution in [2.45, 2.75) is 64.3 Å². The highest BCUT2D eigenvalue weighted by Gasteiger charge is 2.41. The Balaban J connectivity index is 1.55. The molecule has 2 aliphatic carbocycles. The van der Waals surface area contributed by atoms with Crippen molar-refractivity contribution in [1.82, 2.24) is 5.32 Å². The van der Waals surface area contributed by atoms with Gasteiger partial charge in [-0.25, -0.2) is 0 Å². The Morgan fingerprint density at radius 2 is 2.16 bits per heavy atom. The fourth-order valence-electron chi connectivity index (χ4n) is 4.85. The molecule has 3 rings (SSSR count). The van der Waals surface area contributed by atoms with E-state index in [2.05, 4.69) is 12.2 Å². The van der Waals surface area contributed by atoms with Gasteiger partial charge in [0.2, 0.25) is 0 Å². The van der Waals surface area contributed by atoms with Crippen LogP contribution in [0.5, 0.6) is 0 Å². The minimum absolute atomic E-state index is 0.726. The quantitative estimate of drug-likeness (QED) is 0.792. The van der Waals surface area contributed by atoms with Crippen LogP contribution >= 0.6 is 0 Å². The highest BCUT2D eigenvalue weighted by molar-refractivity contribution is 4.93. The summed E-state index contributed by atoms with van der Waals surface area (Å²) in [6, 6.07) is 0.726. The molecule has 2 bridgehead atoms. The van der Waals surface area contributed by atoms with Crippen molar-refractivity contribution in [1.29, 1.82) is 0 Å². The van der Waals surface area contributed by atoms with Gasteiger partial charge in [0.1, 0.15) is 0 Å². The molecule has 5 atom stereocenters. The molecule has 3 fully saturated rings. The summed E-state index contributed by atoms with van der Waals surface area (Å²) in [5.41, 5.74) is 0. The number of hydrogen-bond donors (Lipinski definition) is 1. The molecule has 0 radical (unpaired) electrons. The van der Waals surface area contributed by atoms with E-state index in [0.29, 0.717) is 0 Å². The number of nitrogens with one attached hydrogen (secondary N) is 1. The van der Waals surface area contributed by atoms with Gasteiger partial charge in [0, 0.05) is 12.6 Å². The van der Waals surface area contributed by atoms with E-state index in [-0.39, 0.29) is 0 Å². The Bertz CT molecular complexity index is 274. The topological polar surface area (TPSA) is 21.3 Å². The first-order valence-electron chi connectivity index (χ1n) is 8.68. The average Bonchev–Trinajstić information content (AvgIpc) is 3.07. The van der Waals surface area contributed by atoms with E-state index in [9.17, 15) is 0 Å². The summed E-state index contributed by atoms with van der Waals surface area (Å²) < 4.78 is 5.73. The Hall–Kier alpha value is -0.0800. The Morgan fingerprint density at radius 3 is 2.79 bits per heavy atom. The zero-order valence-electron chi connectivity index (χ0n) is 12.6. The molecule has 2 nitrogen and oxygen atoms in total. The van der Waals surface area contributed by atoms with Gasteiger partial charge in [0.25, 0.3) is 0 Å². The minimum Gasteiger partial charge on any atom is -0.381 e. The van der Waals surface area contributed by atoms with Crippen LogP contribution in [0.25, 0.3) is 0 Å². The maximum Gasteiger partial charge on any atom is 0.0509 e. The average molecular weight is 265 g/mol. The van der Waals surface area contributed by atoms with Crippen molar-refractivity contribution >= 4 is 0 Å². The molecule has 1 heterocycles. The Kier molecular flexibility index (Phi) is 4.81. The van der Waals surface area contributed by atoms with Gasteiger partial charge in [-0.1, -0.05) is 13.3 Å². The SMILES string of the molecule is CCCNC(CC1CC2CCC1C2)C1CCCOC1. The maximum atomic E-state index is 5.73. The molecule has 2 saturated carbocycles. The molecule has 0 amide bonds. The third-order valence-electron chi connectivity index (χ3n) is 5.86. The predicted molar refractivity (Wildman–Crippen MR) is 79.2 cm³/mol. The van der Waals surface area contributed by atoms with Crippen LogP contribution in [0.4, 0.5) is 0 Å². The molecule has 19 heavy (non-hydrogen) atoms. The van der Waals surface area contributed by atoms with Gasteiger partial charge in [-0.05, 0) is 75.2 Å².